The van der Waals surface area contributed by atoms with Gasteiger partial charge in [0, 0.05) is 19.1 Å². The maximum absolute atomic E-state index is 12.8. The van der Waals surface area contributed by atoms with E-state index in [1.807, 2.05) is 24.3 Å². The molecule has 2 aromatic rings. The van der Waals surface area contributed by atoms with E-state index in [1.165, 1.54) is 24.0 Å². The second kappa shape index (κ2) is 10.4. The molecule has 2 aromatic carbocycles. The highest BCUT2D eigenvalue weighted by Crippen LogP contribution is 2.29. The molecule has 3 nitrogen and oxygen atoms in total. The Morgan fingerprint density at radius 1 is 0.935 bits per heavy atom. The summed E-state index contributed by atoms with van der Waals surface area (Å²) in [4.78, 5) is 17.5. The van der Waals surface area contributed by atoms with Crippen LogP contribution in [-0.2, 0) is 17.6 Å². The molecule has 0 aliphatic carbocycles. The van der Waals surface area contributed by atoms with E-state index in [2.05, 4.69) is 34.9 Å². The zero-order valence-electron chi connectivity index (χ0n) is 18.3. The molecule has 0 N–H and O–H groups in total. The molecule has 31 heavy (non-hydrogen) atoms. The highest BCUT2D eigenvalue weighted by molar-refractivity contribution is 6.42. The normalized spacial score (nSPS) is 19.0. The quantitative estimate of drug-likeness (QED) is 0.565. The summed E-state index contributed by atoms with van der Waals surface area (Å²) in [5.74, 6) is 0.984. The van der Waals surface area contributed by atoms with Crippen LogP contribution in [0.1, 0.15) is 42.4 Å². The summed E-state index contributed by atoms with van der Waals surface area (Å²) in [7, 11) is 0. The van der Waals surface area contributed by atoms with Crippen molar-refractivity contribution in [1.29, 1.82) is 0 Å². The van der Waals surface area contributed by atoms with E-state index in [0.717, 1.165) is 51.0 Å². The average Bonchev–Trinajstić information content (AvgIpc) is 2.78. The molecule has 2 heterocycles. The highest BCUT2D eigenvalue weighted by Gasteiger charge is 2.29. The summed E-state index contributed by atoms with van der Waals surface area (Å²) >= 11 is 12.2. The Kier molecular flexibility index (Phi) is 7.58. The highest BCUT2D eigenvalue weighted by atomic mass is 35.5. The number of hydrogen-bond donors (Lipinski definition) is 0. The van der Waals surface area contributed by atoms with Crippen molar-refractivity contribution >= 4 is 29.1 Å². The maximum atomic E-state index is 12.8. The van der Waals surface area contributed by atoms with Gasteiger partial charge in [0.15, 0.2) is 0 Å². The number of piperidine rings is 2. The van der Waals surface area contributed by atoms with Crippen LogP contribution in [-0.4, -0.2) is 47.9 Å². The van der Waals surface area contributed by atoms with E-state index in [1.54, 1.807) is 0 Å². The third kappa shape index (κ3) is 5.83. The smallest absolute Gasteiger partial charge is 0.227 e. The van der Waals surface area contributed by atoms with Gasteiger partial charge in [-0.05, 0) is 86.9 Å². The maximum Gasteiger partial charge on any atom is 0.227 e. The van der Waals surface area contributed by atoms with Crippen LogP contribution < -0.4 is 0 Å². The summed E-state index contributed by atoms with van der Waals surface area (Å²) in [5, 5.41) is 1.28. The molecule has 2 aliphatic heterocycles. The summed E-state index contributed by atoms with van der Waals surface area (Å²) in [6.45, 7) is 6.18. The molecule has 0 spiro atoms. The average molecular weight is 459 g/mol. The zero-order valence-corrected chi connectivity index (χ0v) is 19.8. The van der Waals surface area contributed by atoms with Gasteiger partial charge in [0.1, 0.15) is 0 Å². The van der Waals surface area contributed by atoms with Crippen molar-refractivity contribution in [2.75, 3.05) is 26.2 Å². The van der Waals surface area contributed by atoms with Gasteiger partial charge in [-0.2, -0.15) is 0 Å². The summed E-state index contributed by atoms with van der Waals surface area (Å²) in [6, 6.07) is 14.8. The van der Waals surface area contributed by atoms with Gasteiger partial charge in [0.05, 0.1) is 16.5 Å². The number of carbonyl (C=O) groups is 1. The Morgan fingerprint density at radius 3 is 2.32 bits per heavy atom. The van der Waals surface area contributed by atoms with Crippen LogP contribution >= 0.6 is 23.2 Å². The van der Waals surface area contributed by atoms with E-state index < -0.39 is 0 Å². The molecule has 1 amide bonds. The number of halogens is 2. The van der Waals surface area contributed by atoms with Crippen molar-refractivity contribution in [2.45, 2.75) is 51.5 Å². The molecule has 4 rings (SSSR count). The van der Waals surface area contributed by atoms with Gasteiger partial charge in [-0.15, -0.1) is 0 Å². The minimum Gasteiger partial charge on any atom is -0.342 e. The Bertz CT molecular complexity index is 900. The minimum absolute atomic E-state index is 0.271. The lowest BCUT2D eigenvalue weighted by Gasteiger charge is -2.42. The van der Waals surface area contributed by atoms with Crippen LogP contribution in [0.4, 0.5) is 0 Å². The third-order valence-electron chi connectivity index (χ3n) is 7.09. The molecule has 2 fully saturated rings. The topological polar surface area (TPSA) is 23.6 Å². The fourth-order valence-electron chi connectivity index (χ4n) is 5.09. The largest absolute Gasteiger partial charge is 0.342 e. The van der Waals surface area contributed by atoms with Crippen molar-refractivity contribution in [3.05, 3.63) is 69.2 Å². The molecule has 0 bridgehead atoms. The number of rotatable bonds is 5. The van der Waals surface area contributed by atoms with Crippen molar-refractivity contribution in [1.82, 2.24) is 9.80 Å². The zero-order chi connectivity index (χ0) is 21.8. The molecule has 0 unspecified atom stereocenters. The van der Waals surface area contributed by atoms with E-state index in [-0.39, 0.29) is 5.91 Å². The molecule has 0 atom stereocenters. The molecule has 5 heteroatoms. The number of amides is 1. The molecular weight excluding hydrogens is 427 g/mol. The van der Waals surface area contributed by atoms with Gasteiger partial charge in [0.25, 0.3) is 0 Å². The van der Waals surface area contributed by atoms with Crippen molar-refractivity contribution in [3.63, 3.8) is 0 Å². The Hall–Kier alpha value is -1.55. The van der Waals surface area contributed by atoms with E-state index >= 15 is 0 Å². The molecule has 0 saturated carbocycles. The molecule has 0 radical (unpaired) electrons. The summed E-state index contributed by atoms with van der Waals surface area (Å²) < 4.78 is 0. The second-order valence-corrected chi connectivity index (χ2v) is 9.96. The summed E-state index contributed by atoms with van der Waals surface area (Å²) in [6.07, 6.45) is 6.25. The van der Waals surface area contributed by atoms with Crippen molar-refractivity contribution < 1.29 is 4.79 Å². The number of benzene rings is 2. The standard InChI is InChI=1S/C26H32Cl2N2O/c1-19-4-2-3-5-22(19)18-26(31)30-14-10-23(11-15-30)29-12-8-20(9-13-29)16-21-6-7-24(27)25(28)17-21/h2-7,17,20,23H,8-16,18H2,1H3. The van der Waals surface area contributed by atoms with E-state index in [0.29, 0.717) is 28.4 Å². The lowest BCUT2D eigenvalue weighted by molar-refractivity contribution is -0.132. The molecule has 2 saturated heterocycles. The minimum atomic E-state index is 0.271. The third-order valence-corrected chi connectivity index (χ3v) is 7.83. The number of likely N-dealkylation sites (tertiary alicyclic amines) is 2. The van der Waals surface area contributed by atoms with Crippen LogP contribution in [0, 0.1) is 12.8 Å². The van der Waals surface area contributed by atoms with Gasteiger partial charge >= 0.3 is 0 Å². The predicted octanol–water partition coefficient (Wildman–Crippen LogP) is 5.79. The second-order valence-electron chi connectivity index (χ2n) is 9.15. The van der Waals surface area contributed by atoms with Crippen molar-refractivity contribution in [2.24, 2.45) is 5.92 Å². The van der Waals surface area contributed by atoms with Gasteiger partial charge < -0.3 is 9.80 Å². The molecule has 0 aromatic heterocycles. The van der Waals surface area contributed by atoms with Crippen LogP contribution in [0.5, 0.6) is 0 Å². The van der Waals surface area contributed by atoms with Crippen LogP contribution in [0.25, 0.3) is 0 Å². The molecular formula is C26H32Cl2N2O. The first-order valence-corrected chi connectivity index (χ1v) is 12.3. The number of carbonyl (C=O) groups excluding carboxylic acids is 1. The van der Waals surface area contributed by atoms with Crippen LogP contribution in [0.3, 0.4) is 0 Å². The number of hydrogen-bond acceptors (Lipinski definition) is 2. The lowest BCUT2D eigenvalue weighted by atomic mass is 9.88. The van der Waals surface area contributed by atoms with Gasteiger partial charge in [-0.25, -0.2) is 0 Å². The fraction of sp³-hybridized carbons (Fsp3) is 0.500. The van der Waals surface area contributed by atoms with E-state index in [9.17, 15) is 4.79 Å². The van der Waals surface area contributed by atoms with Gasteiger partial charge in [-0.1, -0.05) is 53.5 Å². The van der Waals surface area contributed by atoms with Gasteiger partial charge in [0.2, 0.25) is 5.91 Å². The van der Waals surface area contributed by atoms with Crippen LogP contribution in [0.15, 0.2) is 42.5 Å². The molecule has 166 valence electrons. The molecule has 2 aliphatic rings. The SMILES string of the molecule is Cc1ccccc1CC(=O)N1CCC(N2CCC(Cc3ccc(Cl)c(Cl)c3)CC2)CC1. The monoisotopic (exact) mass is 458 g/mol. The first-order chi connectivity index (χ1) is 15.0. The first kappa shape index (κ1) is 22.6. The van der Waals surface area contributed by atoms with Crippen LogP contribution in [0.2, 0.25) is 10.0 Å². The Balaban J connectivity index is 1.21. The Labute approximate surface area is 196 Å². The summed E-state index contributed by atoms with van der Waals surface area (Å²) in [5.41, 5.74) is 3.64. The lowest BCUT2D eigenvalue weighted by Crippen LogP contribution is -2.49. The van der Waals surface area contributed by atoms with Crippen molar-refractivity contribution in [3.8, 4) is 0 Å². The first-order valence-electron chi connectivity index (χ1n) is 11.5. The number of nitrogens with zero attached hydrogens (tertiary/aromatic N) is 2. The fourth-order valence-corrected chi connectivity index (χ4v) is 5.41. The number of aryl methyl sites for hydroxylation is 1. The predicted molar refractivity (Wildman–Crippen MR) is 129 cm³/mol. The van der Waals surface area contributed by atoms with E-state index in [4.69, 9.17) is 23.2 Å². The van der Waals surface area contributed by atoms with Gasteiger partial charge in [-0.3, -0.25) is 4.79 Å². The Morgan fingerprint density at radius 2 is 1.65 bits per heavy atom.